The maximum atomic E-state index is 14.2. The van der Waals surface area contributed by atoms with Crippen LogP contribution in [0.25, 0.3) is 0 Å². The van der Waals surface area contributed by atoms with E-state index in [0.29, 0.717) is 11.3 Å². The van der Waals surface area contributed by atoms with E-state index in [4.69, 9.17) is 4.74 Å². The van der Waals surface area contributed by atoms with Crippen LogP contribution in [0.3, 0.4) is 0 Å². The molecule has 2 aromatic rings. The average molecular weight is 419 g/mol. The van der Waals surface area contributed by atoms with Crippen molar-refractivity contribution in [1.82, 2.24) is 10.2 Å². The summed E-state index contributed by atoms with van der Waals surface area (Å²) in [6.07, 6.45) is -5.16. The number of aliphatic imine (C=N–C) groups is 1. The molecule has 1 N–H and O–H groups in total. The molecule has 0 fully saturated rings. The highest BCUT2D eigenvalue weighted by atomic mass is 19.4. The Morgan fingerprint density at radius 1 is 1.13 bits per heavy atom. The van der Waals surface area contributed by atoms with Gasteiger partial charge in [-0.2, -0.15) is 13.2 Å². The van der Waals surface area contributed by atoms with Gasteiger partial charge in [0, 0.05) is 17.2 Å². The lowest BCUT2D eigenvalue weighted by atomic mass is 10.1. The van der Waals surface area contributed by atoms with E-state index in [1.165, 1.54) is 25.3 Å². The summed E-state index contributed by atoms with van der Waals surface area (Å²) in [5.74, 6) is -2.32. The topological polar surface area (TPSA) is 71.0 Å². The number of ether oxygens (including phenoxy) is 1. The van der Waals surface area contributed by atoms with E-state index in [0.717, 1.165) is 4.90 Å². The highest BCUT2D eigenvalue weighted by Crippen LogP contribution is 2.39. The summed E-state index contributed by atoms with van der Waals surface area (Å²) in [6, 6.07) is 13.1. The molecular formula is C21H20F3N3O3. The summed E-state index contributed by atoms with van der Waals surface area (Å²) >= 11 is 0. The molecule has 0 saturated carbocycles. The predicted octanol–water partition coefficient (Wildman–Crippen LogP) is 3.38. The zero-order chi connectivity index (χ0) is 22.1. The summed E-state index contributed by atoms with van der Waals surface area (Å²) in [6.45, 7) is 3.15. The van der Waals surface area contributed by atoms with Gasteiger partial charge in [-0.3, -0.25) is 14.5 Å². The van der Waals surface area contributed by atoms with E-state index in [2.05, 4.69) is 4.99 Å². The molecule has 0 radical (unpaired) electrons. The van der Waals surface area contributed by atoms with Crippen molar-refractivity contribution in [3.8, 4) is 5.75 Å². The van der Waals surface area contributed by atoms with E-state index in [9.17, 15) is 22.8 Å². The van der Waals surface area contributed by atoms with Gasteiger partial charge in [0.1, 0.15) is 11.6 Å². The molecule has 0 saturated heterocycles. The number of carbonyl (C=O) groups excluding carboxylic acids is 2. The Kier molecular flexibility index (Phi) is 5.56. The second kappa shape index (κ2) is 7.81. The van der Waals surface area contributed by atoms with E-state index >= 15 is 0 Å². The highest BCUT2D eigenvalue weighted by molar-refractivity contribution is 6.17. The Morgan fingerprint density at radius 3 is 2.37 bits per heavy atom. The summed E-state index contributed by atoms with van der Waals surface area (Å²) in [7, 11) is 1.37. The van der Waals surface area contributed by atoms with Crippen LogP contribution < -0.4 is 10.1 Å². The third-order valence-corrected chi connectivity index (χ3v) is 4.62. The second-order valence-electron chi connectivity index (χ2n) is 6.96. The van der Waals surface area contributed by atoms with Gasteiger partial charge in [0.15, 0.2) is 0 Å². The molecule has 1 heterocycles. The van der Waals surface area contributed by atoms with E-state index in [-0.39, 0.29) is 11.4 Å². The van der Waals surface area contributed by atoms with Gasteiger partial charge < -0.3 is 10.1 Å². The highest BCUT2D eigenvalue weighted by Gasteiger charge is 2.67. The number of amidine groups is 1. The molecule has 0 spiro atoms. The van der Waals surface area contributed by atoms with Crippen molar-refractivity contribution in [3.63, 3.8) is 0 Å². The molecule has 2 aromatic carbocycles. The lowest BCUT2D eigenvalue weighted by molar-refractivity contribution is -0.196. The van der Waals surface area contributed by atoms with Gasteiger partial charge >= 0.3 is 11.8 Å². The quantitative estimate of drug-likeness (QED) is 0.808. The molecule has 1 aliphatic rings. The van der Waals surface area contributed by atoms with Crippen molar-refractivity contribution in [2.24, 2.45) is 4.99 Å². The maximum Gasteiger partial charge on any atom is 0.442 e. The Labute approximate surface area is 171 Å². The fourth-order valence-corrected chi connectivity index (χ4v) is 3.14. The first kappa shape index (κ1) is 21.4. The summed E-state index contributed by atoms with van der Waals surface area (Å²) in [5, 5.41) is 1.84. The first-order valence-electron chi connectivity index (χ1n) is 9.13. The van der Waals surface area contributed by atoms with Crippen LogP contribution in [0.5, 0.6) is 5.75 Å². The third kappa shape index (κ3) is 3.62. The number of halogens is 3. The predicted molar refractivity (Wildman–Crippen MR) is 104 cm³/mol. The summed E-state index contributed by atoms with van der Waals surface area (Å²) in [5.41, 5.74) is -3.19. The number of amides is 2. The second-order valence-corrected chi connectivity index (χ2v) is 6.96. The Bertz CT molecular complexity index is 990. The monoisotopic (exact) mass is 419 g/mol. The Balaban J connectivity index is 2.11. The van der Waals surface area contributed by atoms with Gasteiger partial charge in [0.25, 0.3) is 11.8 Å². The Hall–Kier alpha value is -3.36. The molecule has 9 heteroatoms. The molecule has 1 aliphatic heterocycles. The molecule has 0 unspecified atom stereocenters. The van der Waals surface area contributed by atoms with E-state index < -0.39 is 29.7 Å². The number of alkyl halides is 3. The SMILES string of the molecule is COc1cccc(C(=O)N[C@@]2(C(F)(F)F)N=C(c3ccccc3)N(C(C)C)C2=O)c1. The smallest absolute Gasteiger partial charge is 0.442 e. The number of nitrogens with zero attached hydrogens (tertiary/aromatic N) is 2. The maximum absolute atomic E-state index is 14.2. The van der Waals surface area contributed by atoms with Gasteiger partial charge in [0.2, 0.25) is 0 Å². The number of hydrogen-bond donors (Lipinski definition) is 1. The van der Waals surface area contributed by atoms with E-state index in [1.807, 2.05) is 5.32 Å². The third-order valence-electron chi connectivity index (χ3n) is 4.62. The molecule has 0 aliphatic carbocycles. The minimum atomic E-state index is -5.16. The molecule has 0 aromatic heterocycles. The van der Waals surface area contributed by atoms with E-state index in [1.54, 1.807) is 50.2 Å². The van der Waals surface area contributed by atoms with Gasteiger partial charge in [-0.15, -0.1) is 0 Å². The van der Waals surface area contributed by atoms with Crippen molar-refractivity contribution in [2.45, 2.75) is 31.7 Å². The minimum Gasteiger partial charge on any atom is -0.497 e. The minimum absolute atomic E-state index is 0.0924. The standard InChI is InChI=1S/C21H20F3N3O3/c1-13(2)27-17(14-8-5-4-6-9-14)25-20(19(27)29,21(22,23)24)26-18(28)15-10-7-11-16(12-15)30-3/h4-13H,1-3H3,(H,26,28)/t20-/m0/s1. The molecule has 3 rings (SSSR count). The van der Waals surface area contributed by atoms with Gasteiger partial charge in [-0.1, -0.05) is 36.4 Å². The average Bonchev–Trinajstić information content (AvgIpc) is 3.02. The fourth-order valence-electron chi connectivity index (χ4n) is 3.14. The first-order chi connectivity index (χ1) is 14.1. The number of nitrogens with one attached hydrogen (secondary N) is 1. The lowest BCUT2D eigenvalue weighted by Gasteiger charge is -2.30. The normalized spacial score (nSPS) is 19.1. The molecule has 30 heavy (non-hydrogen) atoms. The van der Waals surface area contributed by atoms with Crippen LogP contribution in [0.4, 0.5) is 13.2 Å². The van der Waals surface area contributed by atoms with Gasteiger partial charge in [-0.05, 0) is 32.0 Å². The summed E-state index contributed by atoms with van der Waals surface area (Å²) < 4.78 is 47.7. The zero-order valence-electron chi connectivity index (χ0n) is 16.5. The number of hydrogen-bond acceptors (Lipinski definition) is 4. The molecular weight excluding hydrogens is 399 g/mol. The Morgan fingerprint density at radius 2 is 1.80 bits per heavy atom. The van der Waals surface area contributed by atoms with Crippen LogP contribution in [-0.2, 0) is 4.79 Å². The zero-order valence-corrected chi connectivity index (χ0v) is 16.5. The van der Waals surface area contributed by atoms with Crippen molar-refractivity contribution in [3.05, 3.63) is 65.7 Å². The number of benzene rings is 2. The molecule has 2 amide bonds. The summed E-state index contributed by atoms with van der Waals surface area (Å²) in [4.78, 5) is 30.4. The first-order valence-corrected chi connectivity index (χ1v) is 9.13. The molecule has 6 nitrogen and oxygen atoms in total. The van der Waals surface area contributed by atoms with Crippen molar-refractivity contribution in [1.29, 1.82) is 0 Å². The van der Waals surface area contributed by atoms with Crippen molar-refractivity contribution >= 4 is 17.6 Å². The van der Waals surface area contributed by atoms with Crippen LogP contribution >= 0.6 is 0 Å². The molecule has 158 valence electrons. The van der Waals surface area contributed by atoms with Crippen LogP contribution in [0.15, 0.2) is 59.6 Å². The molecule has 1 atom stereocenters. The lowest BCUT2D eigenvalue weighted by Crippen LogP contribution is -2.64. The van der Waals surface area contributed by atoms with Crippen LogP contribution in [0, 0.1) is 0 Å². The van der Waals surface area contributed by atoms with Crippen molar-refractivity contribution < 1.29 is 27.5 Å². The van der Waals surface area contributed by atoms with Crippen LogP contribution in [-0.4, -0.2) is 47.5 Å². The largest absolute Gasteiger partial charge is 0.497 e. The van der Waals surface area contributed by atoms with Crippen molar-refractivity contribution in [2.75, 3.05) is 7.11 Å². The number of rotatable bonds is 5. The fraction of sp³-hybridized carbons (Fsp3) is 0.286. The number of methoxy groups -OCH3 is 1. The number of carbonyl (C=O) groups is 2. The van der Waals surface area contributed by atoms with Crippen LogP contribution in [0.2, 0.25) is 0 Å². The van der Waals surface area contributed by atoms with Gasteiger partial charge in [-0.25, -0.2) is 4.99 Å². The molecule has 0 bridgehead atoms. The van der Waals surface area contributed by atoms with Gasteiger partial charge in [0.05, 0.1) is 7.11 Å². The van der Waals surface area contributed by atoms with Crippen LogP contribution in [0.1, 0.15) is 29.8 Å².